The molecule has 0 radical (unpaired) electrons. The number of nitrogens with zero attached hydrogens (tertiary/aromatic N) is 1. The molecule has 1 aromatic heterocycles. The highest BCUT2D eigenvalue weighted by molar-refractivity contribution is 5.75. The predicted octanol–water partition coefficient (Wildman–Crippen LogP) is 4.56. The summed E-state index contributed by atoms with van der Waals surface area (Å²) in [5, 5.41) is 2.85. The first-order valence-electron chi connectivity index (χ1n) is 8.24. The normalized spacial score (nSPS) is 10.8. The smallest absolute Gasteiger partial charge is 0.217 e. The Kier molecular flexibility index (Phi) is 5.37. The summed E-state index contributed by atoms with van der Waals surface area (Å²) < 4.78 is 0. The summed E-state index contributed by atoms with van der Waals surface area (Å²) in [6.45, 7) is 1.98. The fourth-order valence-electron chi connectivity index (χ4n) is 2.54. The van der Waals surface area contributed by atoms with Crippen molar-refractivity contribution in [3.05, 3.63) is 89.6 Å². The van der Waals surface area contributed by atoms with Crippen LogP contribution in [-0.4, -0.2) is 10.9 Å². The van der Waals surface area contributed by atoms with Gasteiger partial charge in [0.2, 0.25) is 5.91 Å². The molecule has 1 heterocycles. The standard InChI is InChI=1S/C22H20N2O/c1-17(25)23-15-21-16-24-22(19-10-6-3-7-11-19)14-20(21)13-12-18-8-4-2-5-9-18/h2-14,16H,15H2,1H3,(H,23,25)/b13-12-. The van der Waals surface area contributed by atoms with E-state index in [2.05, 4.69) is 40.7 Å². The second-order valence-electron chi connectivity index (χ2n) is 5.79. The van der Waals surface area contributed by atoms with Crippen LogP contribution in [0.15, 0.2) is 72.9 Å². The fraction of sp³-hybridized carbons (Fsp3) is 0.0909. The van der Waals surface area contributed by atoms with Crippen molar-refractivity contribution in [2.24, 2.45) is 0 Å². The fourth-order valence-corrected chi connectivity index (χ4v) is 2.54. The molecule has 3 heteroatoms. The zero-order valence-corrected chi connectivity index (χ0v) is 14.1. The molecule has 0 bridgehead atoms. The number of carbonyl (C=O) groups is 1. The van der Waals surface area contributed by atoms with Gasteiger partial charge in [-0.1, -0.05) is 72.8 Å². The van der Waals surface area contributed by atoms with E-state index < -0.39 is 0 Å². The van der Waals surface area contributed by atoms with Crippen LogP contribution >= 0.6 is 0 Å². The number of aromatic nitrogens is 1. The Bertz CT molecular complexity index is 871. The van der Waals surface area contributed by atoms with Crippen molar-refractivity contribution in [3.63, 3.8) is 0 Å². The molecule has 3 aromatic rings. The van der Waals surface area contributed by atoms with Gasteiger partial charge >= 0.3 is 0 Å². The molecule has 124 valence electrons. The summed E-state index contributed by atoms with van der Waals surface area (Å²) in [5.74, 6) is -0.0508. The number of hydrogen-bond acceptors (Lipinski definition) is 2. The highest BCUT2D eigenvalue weighted by Gasteiger charge is 2.06. The lowest BCUT2D eigenvalue weighted by atomic mass is 10.0. The van der Waals surface area contributed by atoms with Crippen LogP contribution in [0.4, 0.5) is 0 Å². The number of amides is 1. The van der Waals surface area contributed by atoms with Gasteiger partial charge < -0.3 is 5.32 Å². The monoisotopic (exact) mass is 328 g/mol. The van der Waals surface area contributed by atoms with E-state index in [0.29, 0.717) is 6.54 Å². The number of hydrogen-bond donors (Lipinski definition) is 1. The van der Waals surface area contributed by atoms with E-state index in [4.69, 9.17) is 0 Å². The highest BCUT2D eigenvalue weighted by atomic mass is 16.1. The molecule has 0 fully saturated rings. The first-order chi connectivity index (χ1) is 12.2. The minimum atomic E-state index is -0.0508. The summed E-state index contributed by atoms with van der Waals surface area (Å²) in [6, 6.07) is 22.3. The number of nitrogens with one attached hydrogen (secondary N) is 1. The molecule has 0 aliphatic carbocycles. The van der Waals surface area contributed by atoms with Crippen LogP contribution < -0.4 is 5.32 Å². The van der Waals surface area contributed by atoms with Crippen LogP contribution in [0.3, 0.4) is 0 Å². The van der Waals surface area contributed by atoms with E-state index in [1.807, 2.05) is 54.7 Å². The van der Waals surface area contributed by atoms with Crippen molar-refractivity contribution in [3.8, 4) is 11.3 Å². The van der Waals surface area contributed by atoms with Gasteiger partial charge in [-0.05, 0) is 22.8 Å². The van der Waals surface area contributed by atoms with Crippen molar-refractivity contribution < 1.29 is 4.79 Å². The van der Waals surface area contributed by atoms with Gasteiger partial charge in [-0.3, -0.25) is 9.78 Å². The molecule has 1 amide bonds. The van der Waals surface area contributed by atoms with Crippen molar-refractivity contribution in [2.75, 3.05) is 0 Å². The van der Waals surface area contributed by atoms with Crippen LogP contribution in [0.1, 0.15) is 23.6 Å². The maximum Gasteiger partial charge on any atom is 0.217 e. The first kappa shape index (κ1) is 16.7. The summed E-state index contributed by atoms with van der Waals surface area (Å²) >= 11 is 0. The van der Waals surface area contributed by atoms with E-state index in [-0.39, 0.29) is 5.91 Å². The number of rotatable bonds is 5. The van der Waals surface area contributed by atoms with Crippen LogP contribution in [-0.2, 0) is 11.3 Å². The Morgan fingerprint density at radius 2 is 1.68 bits per heavy atom. The molecule has 2 aromatic carbocycles. The molecule has 0 unspecified atom stereocenters. The molecule has 1 N–H and O–H groups in total. The molecule has 3 nitrogen and oxygen atoms in total. The van der Waals surface area contributed by atoms with Crippen molar-refractivity contribution in [2.45, 2.75) is 13.5 Å². The minimum Gasteiger partial charge on any atom is -0.352 e. The third-order valence-electron chi connectivity index (χ3n) is 3.87. The van der Waals surface area contributed by atoms with E-state index in [9.17, 15) is 4.79 Å². The quantitative estimate of drug-likeness (QED) is 0.746. The highest BCUT2D eigenvalue weighted by Crippen LogP contribution is 2.21. The summed E-state index contributed by atoms with van der Waals surface area (Å²) in [5.41, 5.74) is 5.15. The number of pyridine rings is 1. The second kappa shape index (κ2) is 8.06. The molecule has 0 aliphatic heterocycles. The summed E-state index contributed by atoms with van der Waals surface area (Å²) in [4.78, 5) is 15.8. The summed E-state index contributed by atoms with van der Waals surface area (Å²) in [7, 11) is 0. The maximum atomic E-state index is 11.2. The molecule has 0 aliphatic rings. The first-order valence-corrected chi connectivity index (χ1v) is 8.24. The van der Waals surface area contributed by atoms with Gasteiger partial charge in [-0.2, -0.15) is 0 Å². The van der Waals surface area contributed by atoms with Crippen LogP contribution in [0, 0.1) is 0 Å². The van der Waals surface area contributed by atoms with Crippen molar-refractivity contribution in [1.29, 1.82) is 0 Å². The van der Waals surface area contributed by atoms with Gasteiger partial charge in [0.05, 0.1) is 5.69 Å². The lowest BCUT2D eigenvalue weighted by Crippen LogP contribution is -2.19. The summed E-state index contributed by atoms with van der Waals surface area (Å²) in [6.07, 6.45) is 5.98. The molecular formula is C22H20N2O. The van der Waals surface area contributed by atoms with Gasteiger partial charge in [0.1, 0.15) is 0 Å². The Balaban J connectivity index is 1.95. The van der Waals surface area contributed by atoms with Gasteiger partial charge in [0.25, 0.3) is 0 Å². The minimum absolute atomic E-state index is 0.0508. The molecule has 0 atom stereocenters. The topological polar surface area (TPSA) is 42.0 Å². The van der Waals surface area contributed by atoms with E-state index >= 15 is 0 Å². The van der Waals surface area contributed by atoms with E-state index in [1.54, 1.807) is 0 Å². The van der Waals surface area contributed by atoms with Gasteiger partial charge in [0, 0.05) is 25.2 Å². The average molecular weight is 328 g/mol. The van der Waals surface area contributed by atoms with Crippen molar-refractivity contribution >= 4 is 18.1 Å². The molecule has 25 heavy (non-hydrogen) atoms. The number of carbonyl (C=O) groups excluding carboxylic acids is 1. The molecule has 0 spiro atoms. The van der Waals surface area contributed by atoms with Crippen LogP contribution in [0.2, 0.25) is 0 Å². The van der Waals surface area contributed by atoms with Crippen molar-refractivity contribution in [1.82, 2.24) is 10.3 Å². The largest absolute Gasteiger partial charge is 0.352 e. The lowest BCUT2D eigenvalue weighted by Gasteiger charge is -2.09. The third kappa shape index (κ3) is 4.64. The van der Waals surface area contributed by atoms with Gasteiger partial charge in [0.15, 0.2) is 0 Å². The van der Waals surface area contributed by atoms with Crippen LogP contribution in [0.25, 0.3) is 23.4 Å². The maximum absolute atomic E-state index is 11.2. The molecule has 0 saturated carbocycles. The zero-order valence-electron chi connectivity index (χ0n) is 14.1. The van der Waals surface area contributed by atoms with E-state index in [0.717, 1.165) is 27.9 Å². The van der Waals surface area contributed by atoms with Crippen LogP contribution in [0.5, 0.6) is 0 Å². The van der Waals surface area contributed by atoms with Gasteiger partial charge in [-0.15, -0.1) is 0 Å². The second-order valence-corrected chi connectivity index (χ2v) is 5.79. The average Bonchev–Trinajstić information content (AvgIpc) is 2.66. The Hall–Kier alpha value is -3.20. The molecule has 0 saturated heterocycles. The molecular weight excluding hydrogens is 308 g/mol. The van der Waals surface area contributed by atoms with Gasteiger partial charge in [-0.25, -0.2) is 0 Å². The SMILES string of the molecule is CC(=O)NCc1cnc(-c2ccccc2)cc1/C=C\c1ccccc1. The third-order valence-corrected chi connectivity index (χ3v) is 3.87. The lowest BCUT2D eigenvalue weighted by molar-refractivity contribution is -0.119. The predicted molar refractivity (Wildman–Crippen MR) is 103 cm³/mol. The van der Waals surface area contributed by atoms with E-state index in [1.165, 1.54) is 6.92 Å². The Labute approximate surface area is 148 Å². The Morgan fingerprint density at radius 3 is 2.36 bits per heavy atom. The zero-order chi connectivity index (χ0) is 17.5. The Morgan fingerprint density at radius 1 is 1.00 bits per heavy atom. The molecule has 3 rings (SSSR count). The number of benzene rings is 2.